The van der Waals surface area contributed by atoms with Crippen LogP contribution in [-0.4, -0.2) is 40.6 Å². The molecule has 0 spiro atoms. The van der Waals surface area contributed by atoms with Crippen molar-refractivity contribution in [1.29, 1.82) is 0 Å². The van der Waals surface area contributed by atoms with Crippen LogP contribution in [0, 0.1) is 24.2 Å². The minimum Gasteiger partial charge on any atom is -0.507 e. The Morgan fingerprint density at radius 2 is 1.52 bits per heavy atom. The number of fused-ring (bicyclic) bond motifs is 3. The maximum absolute atomic E-state index is 13.6. The number of Topliss-reactive ketones (excluding diaryl/α,β-unsaturated/α-hetero) is 2. The van der Waals surface area contributed by atoms with Crippen LogP contribution in [0.5, 0.6) is 11.5 Å². The summed E-state index contributed by atoms with van der Waals surface area (Å²) in [6.45, 7) is 6.26. The van der Waals surface area contributed by atoms with Crippen molar-refractivity contribution < 1.29 is 24.9 Å². The predicted molar refractivity (Wildman–Crippen MR) is 113 cm³/mol. The lowest BCUT2D eigenvalue weighted by Crippen LogP contribution is -2.54. The van der Waals surface area contributed by atoms with Gasteiger partial charge in [0.15, 0.2) is 11.6 Å². The van der Waals surface area contributed by atoms with Gasteiger partial charge in [-0.1, -0.05) is 49.8 Å². The standard InChI is InChI=1S/C23H24O5Si/c1-5-23(28)10-14-16(15(11-23)29(2,3)4)22(27)18-17(21(14)26)19(24)12-8-6-7-9-13(12)20(18)25/h1,6-9,14-16,24-25,28H,10-11H2,2-4H3. The first kappa shape index (κ1) is 19.7. The summed E-state index contributed by atoms with van der Waals surface area (Å²) in [5, 5.41) is 33.3. The summed E-state index contributed by atoms with van der Waals surface area (Å²) in [7, 11) is -2.02. The zero-order valence-electron chi connectivity index (χ0n) is 16.7. The minimum absolute atomic E-state index is 0.0216. The second-order valence-corrected chi connectivity index (χ2v) is 14.9. The van der Waals surface area contributed by atoms with Gasteiger partial charge in [-0.3, -0.25) is 9.59 Å². The van der Waals surface area contributed by atoms with Crippen LogP contribution >= 0.6 is 0 Å². The topological polar surface area (TPSA) is 94.8 Å². The Labute approximate surface area is 170 Å². The smallest absolute Gasteiger partial charge is 0.171 e. The largest absolute Gasteiger partial charge is 0.507 e. The summed E-state index contributed by atoms with van der Waals surface area (Å²) in [5.74, 6) is -0.367. The van der Waals surface area contributed by atoms with Gasteiger partial charge >= 0.3 is 0 Å². The van der Waals surface area contributed by atoms with E-state index in [-0.39, 0.29) is 46.8 Å². The molecule has 0 amide bonds. The first-order valence-corrected chi connectivity index (χ1v) is 13.3. The second kappa shape index (κ2) is 6.19. The maximum Gasteiger partial charge on any atom is 0.171 e. The van der Waals surface area contributed by atoms with E-state index in [0.717, 1.165) is 0 Å². The molecule has 3 N–H and O–H groups in total. The third-order valence-corrected chi connectivity index (χ3v) is 9.44. The molecule has 4 rings (SSSR count). The number of benzene rings is 2. The number of ketones is 2. The summed E-state index contributed by atoms with van der Waals surface area (Å²) in [6.07, 6.45) is 5.84. The molecule has 0 heterocycles. The molecule has 0 aliphatic heterocycles. The summed E-state index contributed by atoms with van der Waals surface area (Å²) >= 11 is 0. The van der Waals surface area contributed by atoms with Crippen molar-refractivity contribution in [3.05, 3.63) is 35.4 Å². The van der Waals surface area contributed by atoms with E-state index in [4.69, 9.17) is 6.42 Å². The lowest BCUT2D eigenvalue weighted by atomic mass is 9.62. The molecule has 0 saturated heterocycles. The molecule has 150 valence electrons. The highest BCUT2D eigenvalue weighted by Gasteiger charge is 2.57. The van der Waals surface area contributed by atoms with Gasteiger partial charge in [0.25, 0.3) is 0 Å². The highest BCUT2D eigenvalue weighted by molar-refractivity contribution is 6.78. The number of hydrogen-bond acceptors (Lipinski definition) is 5. The maximum atomic E-state index is 13.6. The van der Waals surface area contributed by atoms with Gasteiger partial charge < -0.3 is 15.3 Å². The van der Waals surface area contributed by atoms with Gasteiger partial charge in [-0.2, -0.15) is 0 Å². The Balaban J connectivity index is 2.01. The SMILES string of the molecule is C#CC1(O)CC2C(=O)c3c(c(O)c4ccccc4c3O)C(=O)C2C([Si](C)(C)C)C1. The summed E-state index contributed by atoms with van der Waals surface area (Å²) < 4.78 is 0. The van der Waals surface area contributed by atoms with Crippen LogP contribution in [0.15, 0.2) is 24.3 Å². The fraction of sp³-hybridized carbons (Fsp3) is 0.391. The molecule has 4 atom stereocenters. The molecule has 29 heavy (non-hydrogen) atoms. The first-order chi connectivity index (χ1) is 13.5. The van der Waals surface area contributed by atoms with E-state index in [9.17, 15) is 24.9 Å². The first-order valence-electron chi connectivity index (χ1n) is 9.75. The Morgan fingerprint density at radius 1 is 1.00 bits per heavy atom. The van der Waals surface area contributed by atoms with Crippen LogP contribution in [0.1, 0.15) is 33.6 Å². The van der Waals surface area contributed by atoms with Gasteiger partial charge in [0.2, 0.25) is 0 Å². The highest BCUT2D eigenvalue weighted by atomic mass is 28.3. The molecular weight excluding hydrogens is 384 g/mol. The average Bonchev–Trinajstić information content (AvgIpc) is 2.67. The molecule has 2 aliphatic rings. The van der Waals surface area contributed by atoms with E-state index in [1.165, 1.54) is 0 Å². The van der Waals surface area contributed by atoms with Crippen molar-refractivity contribution in [2.24, 2.45) is 11.8 Å². The molecule has 1 saturated carbocycles. The van der Waals surface area contributed by atoms with E-state index >= 15 is 0 Å². The molecule has 5 nitrogen and oxygen atoms in total. The van der Waals surface area contributed by atoms with Crippen LogP contribution in [0.3, 0.4) is 0 Å². The minimum atomic E-state index is -2.02. The van der Waals surface area contributed by atoms with E-state index in [2.05, 4.69) is 25.6 Å². The molecule has 0 radical (unpaired) electrons. The molecule has 6 heteroatoms. The Hall–Kier alpha value is -2.62. The van der Waals surface area contributed by atoms with Crippen molar-refractivity contribution >= 4 is 30.4 Å². The monoisotopic (exact) mass is 408 g/mol. The van der Waals surface area contributed by atoms with Gasteiger partial charge in [0.1, 0.15) is 17.1 Å². The zero-order valence-corrected chi connectivity index (χ0v) is 17.7. The molecular formula is C23H24O5Si. The Bertz CT molecular complexity index is 1110. The van der Waals surface area contributed by atoms with Crippen LogP contribution in [-0.2, 0) is 0 Å². The van der Waals surface area contributed by atoms with Gasteiger partial charge in [-0.25, -0.2) is 0 Å². The number of carbonyl (C=O) groups is 2. The number of aliphatic hydroxyl groups is 1. The molecule has 2 aromatic rings. The molecule has 2 aromatic carbocycles. The molecule has 2 aliphatic carbocycles. The Morgan fingerprint density at radius 3 is 2.00 bits per heavy atom. The normalized spacial score (nSPS) is 29.3. The van der Waals surface area contributed by atoms with Gasteiger partial charge in [-0.15, -0.1) is 6.42 Å². The predicted octanol–water partition coefficient (Wildman–Crippen LogP) is 3.73. The van der Waals surface area contributed by atoms with E-state index in [0.29, 0.717) is 10.8 Å². The lowest BCUT2D eigenvalue weighted by molar-refractivity contribution is 0.0123. The van der Waals surface area contributed by atoms with Crippen molar-refractivity contribution in [2.45, 2.75) is 43.6 Å². The number of carbonyl (C=O) groups excluding carboxylic acids is 2. The summed E-state index contributed by atoms with van der Waals surface area (Å²) in [5.41, 5.74) is -1.93. The number of hydrogen-bond donors (Lipinski definition) is 3. The fourth-order valence-electron chi connectivity index (χ4n) is 5.16. The van der Waals surface area contributed by atoms with Gasteiger partial charge in [0, 0.05) is 30.7 Å². The highest BCUT2D eigenvalue weighted by Crippen LogP contribution is 2.55. The third-order valence-electron chi connectivity index (χ3n) is 6.66. The molecule has 4 unspecified atom stereocenters. The number of terminal acetylenes is 1. The summed E-state index contributed by atoms with van der Waals surface area (Å²) in [4.78, 5) is 27.1. The average molecular weight is 409 g/mol. The van der Waals surface area contributed by atoms with E-state index in [1.807, 2.05) is 0 Å². The Kier molecular flexibility index (Phi) is 4.20. The van der Waals surface area contributed by atoms with Crippen LogP contribution < -0.4 is 0 Å². The zero-order chi connectivity index (χ0) is 21.3. The number of phenolic OH excluding ortho intramolecular Hbond substituents is 2. The van der Waals surface area contributed by atoms with Crippen molar-refractivity contribution in [2.75, 3.05) is 0 Å². The summed E-state index contributed by atoms with van der Waals surface area (Å²) in [6, 6.07) is 6.59. The second-order valence-electron chi connectivity index (χ2n) is 9.41. The van der Waals surface area contributed by atoms with Gasteiger partial charge in [0.05, 0.1) is 11.1 Å². The van der Waals surface area contributed by atoms with Crippen molar-refractivity contribution in [3.8, 4) is 23.8 Å². The van der Waals surface area contributed by atoms with Crippen molar-refractivity contribution in [3.63, 3.8) is 0 Å². The third kappa shape index (κ3) is 2.72. The van der Waals surface area contributed by atoms with Gasteiger partial charge in [-0.05, 0) is 18.4 Å². The number of aromatic hydroxyl groups is 2. The number of phenols is 2. The van der Waals surface area contributed by atoms with Crippen LogP contribution in [0.2, 0.25) is 25.2 Å². The van der Waals surface area contributed by atoms with E-state index in [1.54, 1.807) is 24.3 Å². The van der Waals surface area contributed by atoms with Crippen molar-refractivity contribution in [1.82, 2.24) is 0 Å². The molecule has 0 aromatic heterocycles. The number of rotatable bonds is 1. The van der Waals surface area contributed by atoms with Crippen LogP contribution in [0.25, 0.3) is 10.8 Å². The molecule has 1 fully saturated rings. The van der Waals surface area contributed by atoms with Crippen LogP contribution in [0.4, 0.5) is 0 Å². The fourth-order valence-corrected chi connectivity index (χ4v) is 7.57. The van der Waals surface area contributed by atoms with E-state index < -0.39 is 31.3 Å². The molecule has 0 bridgehead atoms. The quantitative estimate of drug-likeness (QED) is 0.380. The lowest BCUT2D eigenvalue weighted by Gasteiger charge is -2.49.